The molecule has 0 N–H and O–H groups in total. The summed E-state index contributed by atoms with van der Waals surface area (Å²) in [5.74, 6) is 0.840. The average molecular weight is 440 g/mol. The van der Waals surface area contributed by atoms with E-state index in [4.69, 9.17) is 0 Å². The Morgan fingerprint density at radius 2 is 2.03 bits per heavy atom. The van der Waals surface area contributed by atoms with Crippen LogP contribution >= 0.6 is 0 Å². The normalized spacial score (nSPS) is 19.6. The molecule has 2 aromatic carbocycles. The van der Waals surface area contributed by atoms with Crippen molar-refractivity contribution in [3.63, 3.8) is 0 Å². The zero-order valence-corrected chi connectivity index (χ0v) is 19.0. The number of piperidine rings is 1. The zero-order valence-electron chi connectivity index (χ0n) is 19.0. The van der Waals surface area contributed by atoms with Crippen LogP contribution in [0.5, 0.6) is 0 Å². The third-order valence-electron chi connectivity index (χ3n) is 7.31. The number of imidazole rings is 1. The molecule has 0 bridgehead atoms. The number of carbonyl (C=O) groups is 1. The molecule has 0 radical (unpaired) electrons. The Morgan fingerprint density at radius 3 is 2.79 bits per heavy atom. The van der Waals surface area contributed by atoms with Crippen molar-refractivity contribution in [2.45, 2.75) is 51.7 Å². The standard InChI is InChI=1S/C27H29N5O/c1-19-13-21(11-12-31(19)27(33)10-7-20-5-3-2-4-6-20)16-30-18-28-24-14-22(8-9-25(24)30)23-15-29-32-17-26(23)32/h2-6,8-9,14-15,18-19,21H,7,10-13,16-17H2,1H3. The minimum absolute atomic E-state index is 0.282. The van der Waals surface area contributed by atoms with E-state index < -0.39 is 0 Å². The summed E-state index contributed by atoms with van der Waals surface area (Å²) in [4.78, 5) is 19.6. The third kappa shape index (κ3) is 3.94. The van der Waals surface area contributed by atoms with Crippen LogP contribution in [0.1, 0.15) is 37.4 Å². The molecule has 4 heterocycles. The molecule has 1 saturated heterocycles. The Balaban J connectivity index is 1.08. The van der Waals surface area contributed by atoms with Gasteiger partial charge in [-0.1, -0.05) is 36.4 Å². The minimum Gasteiger partial charge on any atom is -0.340 e. The number of amides is 1. The van der Waals surface area contributed by atoms with Gasteiger partial charge in [-0.3, -0.25) is 9.48 Å². The van der Waals surface area contributed by atoms with Gasteiger partial charge in [0.15, 0.2) is 0 Å². The number of rotatable bonds is 6. The maximum absolute atomic E-state index is 12.8. The third-order valence-corrected chi connectivity index (χ3v) is 7.31. The first-order valence-electron chi connectivity index (χ1n) is 12.0. The maximum atomic E-state index is 12.8. The second-order valence-electron chi connectivity index (χ2n) is 9.58. The highest BCUT2D eigenvalue weighted by Crippen LogP contribution is 2.33. The van der Waals surface area contributed by atoms with Gasteiger partial charge in [0.2, 0.25) is 5.91 Å². The number of aryl methyl sites for hydroxylation is 1. The SMILES string of the molecule is CC1CC(Cn2cnc3cc(-c4cnn5c4C5)ccc32)CCN1C(=O)CCc1ccccc1. The summed E-state index contributed by atoms with van der Waals surface area (Å²) >= 11 is 0. The molecule has 0 spiro atoms. The molecule has 0 saturated carbocycles. The van der Waals surface area contributed by atoms with Crippen LogP contribution in [0.4, 0.5) is 0 Å². The van der Waals surface area contributed by atoms with E-state index in [-0.39, 0.29) is 11.9 Å². The van der Waals surface area contributed by atoms with Gasteiger partial charge in [0.05, 0.1) is 35.8 Å². The molecule has 168 valence electrons. The predicted molar refractivity (Wildman–Crippen MR) is 129 cm³/mol. The lowest BCUT2D eigenvalue weighted by Crippen LogP contribution is -2.45. The van der Waals surface area contributed by atoms with Crippen LogP contribution < -0.4 is 0 Å². The molecule has 6 rings (SSSR count). The minimum atomic E-state index is 0.282. The second kappa shape index (κ2) is 8.18. The Morgan fingerprint density at radius 1 is 1.15 bits per heavy atom. The molecule has 2 aromatic heterocycles. The first kappa shape index (κ1) is 20.2. The van der Waals surface area contributed by atoms with E-state index in [0.29, 0.717) is 12.3 Å². The van der Waals surface area contributed by atoms with Gasteiger partial charge < -0.3 is 9.47 Å². The molecule has 2 aliphatic rings. The summed E-state index contributed by atoms with van der Waals surface area (Å²) in [7, 11) is 0. The number of benzene rings is 2. The van der Waals surface area contributed by atoms with E-state index in [1.54, 1.807) is 0 Å². The number of fused-ring (bicyclic) bond motifs is 2. The van der Waals surface area contributed by atoms with Crippen LogP contribution in [-0.2, 0) is 24.3 Å². The fraction of sp³-hybridized carbons (Fsp3) is 0.370. The van der Waals surface area contributed by atoms with E-state index in [1.165, 1.54) is 27.9 Å². The molecule has 6 heteroatoms. The van der Waals surface area contributed by atoms with Crippen LogP contribution in [0.2, 0.25) is 0 Å². The first-order valence-corrected chi connectivity index (χ1v) is 12.0. The molecule has 1 fully saturated rings. The molecule has 33 heavy (non-hydrogen) atoms. The van der Waals surface area contributed by atoms with Crippen molar-refractivity contribution >= 4 is 16.9 Å². The summed E-state index contributed by atoms with van der Waals surface area (Å²) in [6.07, 6.45) is 7.42. The smallest absolute Gasteiger partial charge is 0.223 e. The molecule has 1 amide bonds. The van der Waals surface area contributed by atoms with Gasteiger partial charge in [0.25, 0.3) is 0 Å². The zero-order chi connectivity index (χ0) is 22.4. The van der Waals surface area contributed by atoms with Gasteiger partial charge >= 0.3 is 0 Å². The van der Waals surface area contributed by atoms with Crippen LogP contribution in [-0.4, -0.2) is 42.7 Å². The fourth-order valence-corrected chi connectivity index (χ4v) is 5.38. The van der Waals surface area contributed by atoms with Crippen molar-refractivity contribution in [1.29, 1.82) is 0 Å². The quantitative estimate of drug-likeness (QED) is 0.391. The fourth-order valence-electron chi connectivity index (χ4n) is 5.38. The molecule has 4 aromatic rings. The van der Waals surface area contributed by atoms with Crippen LogP contribution in [0.3, 0.4) is 0 Å². The largest absolute Gasteiger partial charge is 0.340 e. The van der Waals surface area contributed by atoms with Crippen LogP contribution in [0.15, 0.2) is 61.1 Å². The predicted octanol–water partition coefficient (Wildman–Crippen LogP) is 4.52. The molecule has 2 aliphatic heterocycles. The Hall–Kier alpha value is -3.41. The van der Waals surface area contributed by atoms with Gasteiger partial charge in [0.1, 0.15) is 0 Å². The summed E-state index contributed by atoms with van der Waals surface area (Å²) in [6.45, 7) is 4.96. The van der Waals surface area contributed by atoms with Crippen LogP contribution in [0, 0.1) is 5.92 Å². The lowest BCUT2D eigenvalue weighted by molar-refractivity contribution is -0.135. The van der Waals surface area contributed by atoms with Crippen molar-refractivity contribution in [3.05, 3.63) is 72.3 Å². The van der Waals surface area contributed by atoms with Crippen molar-refractivity contribution in [1.82, 2.24) is 24.2 Å². The van der Waals surface area contributed by atoms with Gasteiger partial charge in [-0.25, -0.2) is 4.98 Å². The Kier molecular flexibility index (Phi) is 5.01. The Bertz CT molecular complexity index is 1300. The van der Waals surface area contributed by atoms with Crippen LogP contribution in [0.25, 0.3) is 22.2 Å². The van der Waals surface area contributed by atoms with E-state index in [0.717, 1.165) is 44.4 Å². The van der Waals surface area contributed by atoms with E-state index >= 15 is 0 Å². The van der Waals surface area contributed by atoms with E-state index in [9.17, 15) is 4.79 Å². The van der Waals surface area contributed by atoms with Gasteiger partial charge in [-0.05, 0) is 55.4 Å². The van der Waals surface area contributed by atoms with E-state index in [2.05, 4.69) is 56.8 Å². The van der Waals surface area contributed by atoms with Gasteiger partial charge in [-0.2, -0.15) is 5.10 Å². The number of hydrogen-bond acceptors (Lipinski definition) is 3. The number of hydrogen-bond donors (Lipinski definition) is 0. The molecule has 0 aliphatic carbocycles. The number of carbonyl (C=O) groups excluding carboxylic acids is 1. The average Bonchev–Trinajstić information content (AvgIpc) is 3.31. The number of aromatic nitrogens is 4. The number of likely N-dealkylation sites (tertiary alicyclic amines) is 1. The lowest BCUT2D eigenvalue weighted by Gasteiger charge is -2.38. The highest BCUT2D eigenvalue weighted by molar-refractivity contribution is 5.83. The lowest BCUT2D eigenvalue weighted by atomic mass is 9.91. The summed E-state index contributed by atoms with van der Waals surface area (Å²) in [5, 5.41) is 4.36. The molecular weight excluding hydrogens is 410 g/mol. The number of nitrogens with zero attached hydrogens (tertiary/aromatic N) is 5. The molecule has 2 unspecified atom stereocenters. The Labute approximate surface area is 193 Å². The molecule has 2 atom stereocenters. The maximum Gasteiger partial charge on any atom is 0.223 e. The van der Waals surface area contributed by atoms with Gasteiger partial charge in [-0.15, -0.1) is 0 Å². The summed E-state index contributed by atoms with van der Waals surface area (Å²) < 4.78 is 4.31. The first-order chi connectivity index (χ1) is 16.2. The molecule has 6 nitrogen and oxygen atoms in total. The summed E-state index contributed by atoms with van der Waals surface area (Å²) in [6, 6.07) is 17.1. The van der Waals surface area contributed by atoms with Crippen molar-refractivity contribution in [2.24, 2.45) is 5.92 Å². The monoisotopic (exact) mass is 439 g/mol. The second-order valence-corrected chi connectivity index (χ2v) is 9.58. The van der Waals surface area contributed by atoms with Gasteiger partial charge in [0, 0.05) is 31.1 Å². The topological polar surface area (TPSA) is 56.0 Å². The highest BCUT2D eigenvalue weighted by Gasteiger charge is 2.29. The highest BCUT2D eigenvalue weighted by atomic mass is 16.2. The van der Waals surface area contributed by atoms with E-state index in [1.807, 2.05) is 35.4 Å². The van der Waals surface area contributed by atoms with Crippen molar-refractivity contribution in [2.75, 3.05) is 6.54 Å². The van der Waals surface area contributed by atoms with Crippen molar-refractivity contribution in [3.8, 4) is 11.1 Å². The molecular formula is C27H29N5O. The summed E-state index contributed by atoms with van der Waals surface area (Å²) in [5.41, 5.74) is 7.19. The van der Waals surface area contributed by atoms with Crippen molar-refractivity contribution < 1.29 is 4.79 Å².